The minimum Gasteiger partial charge on any atom is -0.493 e. The van der Waals surface area contributed by atoms with Crippen molar-refractivity contribution in [2.45, 2.75) is 19.5 Å². The predicted octanol–water partition coefficient (Wildman–Crippen LogP) is 6.04. The average Bonchev–Trinajstić information content (AvgIpc) is 2.98. The van der Waals surface area contributed by atoms with E-state index in [1.807, 2.05) is 18.2 Å². The Morgan fingerprint density at radius 3 is 2.24 bits per heavy atom. The number of fused-ring (bicyclic) bond motifs is 1. The van der Waals surface area contributed by atoms with Crippen LogP contribution in [0.4, 0.5) is 20.2 Å². The smallest absolute Gasteiger partial charge is 0.255 e. The summed E-state index contributed by atoms with van der Waals surface area (Å²) in [6.45, 7) is 1.69. The summed E-state index contributed by atoms with van der Waals surface area (Å²) in [6.07, 6.45) is 0.786. The van der Waals surface area contributed by atoms with Gasteiger partial charge in [0.15, 0.2) is 11.5 Å². The molecule has 4 aromatic rings. The minimum absolute atomic E-state index is 0.326. The zero-order valence-electron chi connectivity index (χ0n) is 22.7. The van der Waals surface area contributed by atoms with E-state index < -0.39 is 11.6 Å². The number of ether oxygens (including phenoxy) is 2. The van der Waals surface area contributed by atoms with E-state index in [2.05, 4.69) is 15.5 Å². The molecular formula is C32H29F2N3O4. The molecule has 7 nitrogen and oxygen atoms in total. The van der Waals surface area contributed by atoms with Crippen molar-refractivity contribution in [3.05, 3.63) is 118 Å². The Morgan fingerprint density at radius 2 is 1.51 bits per heavy atom. The summed E-state index contributed by atoms with van der Waals surface area (Å²) in [7, 11) is 3.01. The second kappa shape index (κ2) is 12.2. The van der Waals surface area contributed by atoms with Gasteiger partial charge >= 0.3 is 0 Å². The van der Waals surface area contributed by atoms with E-state index in [9.17, 15) is 18.4 Å². The van der Waals surface area contributed by atoms with E-state index in [-0.39, 0.29) is 11.8 Å². The number of nitrogens with zero attached hydrogens (tertiary/aromatic N) is 1. The van der Waals surface area contributed by atoms with E-state index in [1.54, 1.807) is 42.5 Å². The number of carbonyl (C=O) groups excluding carboxylic acids is 2. The summed E-state index contributed by atoms with van der Waals surface area (Å²) < 4.78 is 37.9. The first-order valence-corrected chi connectivity index (χ1v) is 13.1. The molecule has 1 heterocycles. The molecule has 0 unspecified atom stereocenters. The van der Waals surface area contributed by atoms with Crippen molar-refractivity contribution in [2.24, 2.45) is 0 Å². The summed E-state index contributed by atoms with van der Waals surface area (Å²) in [6, 6.07) is 20.9. The topological polar surface area (TPSA) is 79.9 Å². The summed E-state index contributed by atoms with van der Waals surface area (Å²) in [4.78, 5) is 28.0. The van der Waals surface area contributed by atoms with Crippen LogP contribution in [0, 0.1) is 11.6 Å². The third kappa shape index (κ3) is 6.53. The largest absolute Gasteiger partial charge is 0.493 e. The van der Waals surface area contributed by atoms with Crippen molar-refractivity contribution in [2.75, 3.05) is 31.4 Å². The Balaban J connectivity index is 1.24. The second-order valence-electron chi connectivity index (χ2n) is 9.74. The fourth-order valence-electron chi connectivity index (χ4n) is 4.84. The molecule has 0 bridgehead atoms. The van der Waals surface area contributed by atoms with Crippen LogP contribution in [0.25, 0.3) is 0 Å². The molecule has 0 aliphatic carbocycles. The fraction of sp³-hybridized carbons (Fsp3) is 0.188. The van der Waals surface area contributed by atoms with Crippen LogP contribution >= 0.6 is 0 Å². The maximum Gasteiger partial charge on any atom is 0.255 e. The monoisotopic (exact) mass is 557 g/mol. The highest BCUT2D eigenvalue weighted by Crippen LogP contribution is 2.28. The van der Waals surface area contributed by atoms with Gasteiger partial charge in [-0.15, -0.1) is 0 Å². The fourth-order valence-corrected chi connectivity index (χ4v) is 4.84. The van der Waals surface area contributed by atoms with Crippen molar-refractivity contribution in [3.63, 3.8) is 0 Å². The average molecular weight is 558 g/mol. The van der Waals surface area contributed by atoms with E-state index >= 15 is 0 Å². The number of halogens is 2. The highest BCUT2D eigenvalue weighted by atomic mass is 19.1. The first-order chi connectivity index (χ1) is 19.8. The van der Waals surface area contributed by atoms with Gasteiger partial charge in [-0.1, -0.05) is 18.2 Å². The molecule has 0 atom stereocenters. The molecule has 0 aromatic heterocycles. The number of benzene rings is 4. The Hall–Kier alpha value is -4.76. The molecule has 0 fully saturated rings. The van der Waals surface area contributed by atoms with Gasteiger partial charge in [0.1, 0.15) is 11.6 Å². The number of rotatable bonds is 8. The number of amides is 2. The Kier molecular flexibility index (Phi) is 8.26. The second-order valence-corrected chi connectivity index (χ2v) is 9.74. The lowest BCUT2D eigenvalue weighted by atomic mass is 9.98. The highest BCUT2D eigenvalue weighted by Gasteiger charge is 2.19. The van der Waals surface area contributed by atoms with E-state index in [4.69, 9.17) is 9.47 Å². The molecule has 2 amide bonds. The number of nitrogens with one attached hydrogen (secondary N) is 2. The number of anilines is 2. The quantitative estimate of drug-likeness (QED) is 0.276. The molecule has 1 aliphatic heterocycles. The van der Waals surface area contributed by atoms with Gasteiger partial charge in [-0.05, 0) is 72.1 Å². The third-order valence-corrected chi connectivity index (χ3v) is 6.99. The lowest BCUT2D eigenvalue weighted by Crippen LogP contribution is -2.30. The number of carbonyl (C=O) groups is 2. The highest BCUT2D eigenvalue weighted by molar-refractivity contribution is 6.07. The number of hydrogen-bond acceptors (Lipinski definition) is 5. The number of hydrogen-bond donors (Lipinski definition) is 2. The van der Waals surface area contributed by atoms with E-state index in [0.29, 0.717) is 52.7 Å². The molecule has 2 N–H and O–H groups in total. The lowest BCUT2D eigenvalue weighted by molar-refractivity contribution is 0.101. The summed E-state index contributed by atoms with van der Waals surface area (Å²) in [5, 5.41) is 5.74. The van der Waals surface area contributed by atoms with Crippen LogP contribution in [0.2, 0.25) is 0 Å². The third-order valence-electron chi connectivity index (χ3n) is 6.99. The van der Waals surface area contributed by atoms with Crippen molar-refractivity contribution in [1.82, 2.24) is 4.90 Å². The van der Waals surface area contributed by atoms with E-state index in [0.717, 1.165) is 24.6 Å². The number of methoxy groups -OCH3 is 2. The van der Waals surface area contributed by atoms with Gasteiger partial charge in [0, 0.05) is 53.8 Å². The van der Waals surface area contributed by atoms with Gasteiger partial charge in [0.2, 0.25) is 0 Å². The summed E-state index contributed by atoms with van der Waals surface area (Å²) >= 11 is 0. The van der Waals surface area contributed by atoms with Gasteiger partial charge < -0.3 is 20.1 Å². The SMILES string of the molecule is COc1ccc(C(=O)Nc2cccc(C(=O)Nc3ccc4c(c3)CN(Cc3ccc(F)cc3F)CC4)c2)cc1OC. The maximum absolute atomic E-state index is 14.2. The van der Waals surface area contributed by atoms with E-state index in [1.165, 1.54) is 31.9 Å². The van der Waals surface area contributed by atoms with Crippen LogP contribution in [-0.4, -0.2) is 37.5 Å². The Morgan fingerprint density at radius 1 is 0.780 bits per heavy atom. The van der Waals surface area contributed by atoms with Crippen molar-refractivity contribution in [3.8, 4) is 11.5 Å². The first kappa shape index (κ1) is 27.8. The van der Waals surface area contributed by atoms with Gasteiger partial charge in [0.25, 0.3) is 11.8 Å². The van der Waals surface area contributed by atoms with Crippen molar-refractivity contribution in [1.29, 1.82) is 0 Å². The molecule has 0 saturated heterocycles. The van der Waals surface area contributed by atoms with Gasteiger partial charge in [-0.2, -0.15) is 0 Å². The molecule has 210 valence electrons. The molecule has 9 heteroatoms. The summed E-state index contributed by atoms with van der Waals surface area (Å²) in [5.41, 5.74) is 4.49. The normalized spacial score (nSPS) is 12.8. The van der Waals surface area contributed by atoms with Crippen LogP contribution in [0.1, 0.15) is 37.4 Å². The van der Waals surface area contributed by atoms with Crippen LogP contribution in [0.15, 0.2) is 78.9 Å². The molecule has 5 rings (SSSR count). The van der Waals surface area contributed by atoms with Crippen LogP contribution < -0.4 is 20.1 Å². The molecule has 41 heavy (non-hydrogen) atoms. The predicted molar refractivity (Wildman–Crippen MR) is 153 cm³/mol. The van der Waals surface area contributed by atoms with Crippen LogP contribution in [0.5, 0.6) is 11.5 Å². The first-order valence-electron chi connectivity index (χ1n) is 13.1. The van der Waals surface area contributed by atoms with Crippen LogP contribution in [-0.2, 0) is 19.5 Å². The maximum atomic E-state index is 14.2. The van der Waals surface area contributed by atoms with Gasteiger partial charge in [0.05, 0.1) is 14.2 Å². The Bertz CT molecular complexity index is 1610. The van der Waals surface area contributed by atoms with Crippen molar-refractivity contribution >= 4 is 23.2 Å². The molecule has 0 radical (unpaired) electrons. The van der Waals surface area contributed by atoms with Gasteiger partial charge in [-0.3, -0.25) is 14.5 Å². The standard InChI is InChI=1S/C32H29F2N3O4/c1-40-29-11-8-22(16-30(29)41-2)32(39)35-26-5-3-4-21(14-26)31(38)36-27-10-7-20-12-13-37(19-24(20)15-27)18-23-6-9-25(33)17-28(23)34/h3-11,14-17H,12-13,18-19H2,1-2H3,(H,35,39)(H,36,38). The molecule has 0 saturated carbocycles. The molecule has 0 spiro atoms. The zero-order valence-corrected chi connectivity index (χ0v) is 22.7. The molecule has 4 aromatic carbocycles. The van der Waals surface area contributed by atoms with Crippen molar-refractivity contribution < 1.29 is 27.8 Å². The lowest BCUT2D eigenvalue weighted by Gasteiger charge is -2.29. The zero-order chi connectivity index (χ0) is 28.9. The van der Waals surface area contributed by atoms with Crippen LogP contribution in [0.3, 0.4) is 0 Å². The van der Waals surface area contributed by atoms with Gasteiger partial charge in [-0.25, -0.2) is 8.78 Å². The molecule has 1 aliphatic rings. The summed E-state index contributed by atoms with van der Waals surface area (Å²) in [5.74, 6) is -0.889. The minimum atomic E-state index is -0.596. The Labute approximate surface area is 236 Å². The molecular weight excluding hydrogens is 528 g/mol.